The van der Waals surface area contributed by atoms with Gasteiger partial charge in [0.15, 0.2) is 0 Å². The summed E-state index contributed by atoms with van der Waals surface area (Å²) in [4.78, 5) is 2.57. The van der Waals surface area contributed by atoms with Crippen molar-refractivity contribution in [3.05, 3.63) is 17.5 Å². The number of aromatic nitrogens is 2. The monoisotopic (exact) mass is 258 g/mol. The molecule has 4 nitrogen and oxygen atoms in total. The van der Waals surface area contributed by atoms with Gasteiger partial charge in [-0.05, 0) is 33.4 Å². The first-order valence-corrected chi connectivity index (χ1v) is 6.08. The number of rotatable bonds is 4. The summed E-state index contributed by atoms with van der Waals surface area (Å²) in [6, 6.07) is 0.699. The molecule has 0 bridgehead atoms. The van der Waals surface area contributed by atoms with Gasteiger partial charge in [0.25, 0.3) is 0 Å². The van der Waals surface area contributed by atoms with E-state index in [0.717, 1.165) is 18.8 Å². The summed E-state index contributed by atoms with van der Waals surface area (Å²) in [6.45, 7) is 5.46. The summed E-state index contributed by atoms with van der Waals surface area (Å²) in [6.07, 6.45) is 4.79. The predicted octanol–water partition coefficient (Wildman–Crippen LogP) is 1.33. The van der Waals surface area contributed by atoms with Crippen molar-refractivity contribution in [2.24, 2.45) is 7.05 Å². The standard InChI is InChI=1S/C12H22N4.ClH/c1-10-11(8-15(3)14-10)9-16-6-4-5-12(16)7-13-2;/h8,12-13H,4-7,9H2,1-3H3;1H. The van der Waals surface area contributed by atoms with Crippen LogP contribution in [-0.4, -0.2) is 40.9 Å². The molecule has 0 amide bonds. The summed E-state index contributed by atoms with van der Waals surface area (Å²) >= 11 is 0. The minimum Gasteiger partial charge on any atom is -0.318 e. The number of hydrogen-bond acceptors (Lipinski definition) is 3. The lowest BCUT2D eigenvalue weighted by atomic mass is 10.2. The summed E-state index contributed by atoms with van der Waals surface area (Å²) in [5.74, 6) is 0. The van der Waals surface area contributed by atoms with Gasteiger partial charge in [0.1, 0.15) is 0 Å². The van der Waals surface area contributed by atoms with Crippen molar-refractivity contribution in [3.63, 3.8) is 0 Å². The van der Waals surface area contributed by atoms with Crippen LogP contribution in [0, 0.1) is 6.92 Å². The molecule has 0 radical (unpaired) electrons. The smallest absolute Gasteiger partial charge is 0.0638 e. The second-order valence-corrected chi connectivity index (χ2v) is 4.74. The van der Waals surface area contributed by atoms with Crippen LogP contribution in [0.5, 0.6) is 0 Å². The van der Waals surface area contributed by atoms with E-state index in [1.165, 1.54) is 24.9 Å². The molecule has 1 aliphatic rings. The Morgan fingerprint density at radius 2 is 2.29 bits per heavy atom. The van der Waals surface area contributed by atoms with E-state index in [1.807, 2.05) is 18.8 Å². The minimum atomic E-state index is 0. The zero-order chi connectivity index (χ0) is 11.5. The molecule has 1 saturated heterocycles. The first kappa shape index (κ1) is 14.5. The van der Waals surface area contributed by atoms with E-state index in [4.69, 9.17) is 0 Å². The van der Waals surface area contributed by atoms with Gasteiger partial charge in [-0.15, -0.1) is 12.4 Å². The molecule has 1 fully saturated rings. The highest BCUT2D eigenvalue weighted by Gasteiger charge is 2.24. The second kappa shape index (κ2) is 6.38. The van der Waals surface area contributed by atoms with Crippen LogP contribution in [0.25, 0.3) is 0 Å². The van der Waals surface area contributed by atoms with Crippen molar-refractivity contribution in [1.29, 1.82) is 0 Å². The molecule has 1 aliphatic heterocycles. The van der Waals surface area contributed by atoms with E-state index in [0.29, 0.717) is 6.04 Å². The molecule has 1 atom stereocenters. The van der Waals surface area contributed by atoms with Gasteiger partial charge in [-0.25, -0.2) is 0 Å². The molecule has 1 N–H and O–H groups in total. The van der Waals surface area contributed by atoms with Crippen molar-refractivity contribution in [2.45, 2.75) is 32.4 Å². The molecule has 98 valence electrons. The molecule has 2 rings (SSSR count). The van der Waals surface area contributed by atoms with Gasteiger partial charge in [0.05, 0.1) is 5.69 Å². The average molecular weight is 259 g/mol. The van der Waals surface area contributed by atoms with Crippen LogP contribution in [0.15, 0.2) is 6.20 Å². The predicted molar refractivity (Wildman–Crippen MR) is 72.6 cm³/mol. The van der Waals surface area contributed by atoms with E-state index in [2.05, 4.69) is 28.4 Å². The van der Waals surface area contributed by atoms with Crippen molar-refractivity contribution >= 4 is 12.4 Å². The van der Waals surface area contributed by atoms with Crippen LogP contribution in [0.3, 0.4) is 0 Å². The third kappa shape index (κ3) is 3.44. The minimum absolute atomic E-state index is 0. The number of halogens is 1. The molecule has 1 unspecified atom stereocenters. The van der Waals surface area contributed by atoms with Crippen LogP contribution >= 0.6 is 12.4 Å². The molecule has 0 aromatic carbocycles. The van der Waals surface area contributed by atoms with E-state index in [1.54, 1.807) is 0 Å². The van der Waals surface area contributed by atoms with Crippen LogP contribution in [0.1, 0.15) is 24.1 Å². The van der Waals surface area contributed by atoms with Crippen LogP contribution in [0.2, 0.25) is 0 Å². The van der Waals surface area contributed by atoms with Gasteiger partial charge < -0.3 is 5.32 Å². The number of hydrogen-bond donors (Lipinski definition) is 1. The van der Waals surface area contributed by atoms with Gasteiger partial charge in [0, 0.05) is 37.9 Å². The maximum absolute atomic E-state index is 4.40. The Morgan fingerprint density at radius 1 is 1.53 bits per heavy atom. The van der Waals surface area contributed by atoms with Gasteiger partial charge >= 0.3 is 0 Å². The lowest BCUT2D eigenvalue weighted by Crippen LogP contribution is -2.36. The maximum Gasteiger partial charge on any atom is 0.0638 e. The molecule has 1 aromatic rings. The maximum atomic E-state index is 4.40. The van der Waals surface area contributed by atoms with E-state index >= 15 is 0 Å². The van der Waals surface area contributed by atoms with Gasteiger partial charge in [-0.1, -0.05) is 0 Å². The van der Waals surface area contributed by atoms with Gasteiger partial charge in [0.2, 0.25) is 0 Å². The summed E-state index contributed by atoms with van der Waals surface area (Å²) < 4.78 is 1.91. The van der Waals surface area contributed by atoms with Crippen molar-refractivity contribution in [3.8, 4) is 0 Å². The van der Waals surface area contributed by atoms with E-state index < -0.39 is 0 Å². The molecule has 17 heavy (non-hydrogen) atoms. The zero-order valence-corrected chi connectivity index (χ0v) is 11.8. The fraction of sp³-hybridized carbons (Fsp3) is 0.750. The number of likely N-dealkylation sites (N-methyl/N-ethyl adjacent to an activating group) is 1. The topological polar surface area (TPSA) is 33.1 Å². The number of aryl methyl sites for hydroxylation is 2. The Labute approximate surface area is 110 Å². The second-order valence-electron chi connectivity index (χ2n) is 4.74. The normalized spacial score (nSPS) is 20.5. The highest BCUT2D eigenvalue weighted by Crippen LogP contribution is 2.20. The molecular formula is C12H23ClN4. The Balaban J connectivity index is 0.00000144. The number of nitrogens with one attached hydrogen (secondary N) is 1. The summed E-state index contributed by atoms with van der Waals surface area (Å²) in [5, 5.41) is 7.68. The largest absolute Gasteiger partial charge is 0.318 e. The SMILES string of the molecule is CNCC1CCCN1Cc1cn(C)nc1C.Cl. The number of likely N-dealkylation sites (tertiary alicyclic amines) is 1. The zero-order valence-electron chi connectivity index (χ0n) is 10.9. The van der Waals surface area contributed by atoms with Gasteiger partial charge in [-0.2, -0.15) is 5.10 Å². The summed E-state index contributed by atoms with van der Waals surface area (Å²) in [7, 11) is 4.03. The first-order chi connectivity index (χ1) is 7.70. The van der Waals surface area contributed by atoms with E-state index in [9.17, 15) is 0 Å². The van der Waals surface area contributed by atoms with Crippen molar-refractivity contribution in [2.75, 3.05) is 20.1 Å². The van der Waals surface area contributed by atoms with Crippen LogP contribution in [-0.2, 0) is 13.6 Å². The molecular weight excluding hydrogens is 236 g/mol. The third-order valence-corrected chi connectivity index (χ3v) is 3.43. The third-order valence-electron chi connectivity index (χ3n) is 3.43. The van der Waals surface area contributed by atoms with Crippen molar-refractivity contribution in [1.82, 2.24) is 20.0 Å². The van der Waals surface area contributed by atoms with E-state index in [-0.39, 0.29) is 12.4 Å². The van der Waals surface area contributed by atoms with Crippen LogP contribution in [0.4, 0.5) is 0 Å². The molecule has 0 spiro atoms. The molecule has 5 heteroatoms. The molecule has 1 aromatic heterocycles. The fourth-order valence-electron chi connectivity index (χ4n) is 2.59. The first-order valence-electron chi connectivity index (χ1n) is 6.08. The number of nitrogens with zero attached hydrogens (tertiary/aromatic N) is 3. The molecule has 2 heterocycles. The average Bonchev–Trinajstić information content (AvgIpc) is 2.77. The highest BCUT2D eigenvalue weighted by molar-refractivity contribution is 5.85. The van der Waals surface area contributed by atoms with Crippen LogP contribution < -0.4 is 5.32 Å². The Morgan fingerprint density at radius 3 is 2.88 bits per heavy atom. The lowest BCUT2D eigenvalue weighted by Gasteiger charge is -2.23. The Hall–Kier alpha value is -0.580. The van der Waals surface area contributed by atoms with Gasteiger partial charge in [-0.3, -0.25) is 9.58 Å². The molecule has 0 saturated carbocycles. The Kier molecular flexibility index (Phi) is 5.43. The Bertz CT molecular complexity index is 350. The van der Waals surface area contributed by atoms with Crippen molar-refractivity contribution < 1.29 is 0 Å². The quantitative estimate of drug-likeness (QED) is 0.885. The molecule has 0 aliphatic carbocycles. The highest BCUT2D eigenvalue weighted by atomic mass is 35.5. The fourth-order valence-corrected chi connectivity index (χ4v) is 2.59. The summed E-state index contributed by atoms with van der Waals surface area (Å²) in [5.41, 5.74) is 2.53. The lowest BCUT2D eigenvalue weighted by molar-refractivity contribution is 0.242.